The van der Waals surface area contributed by atoms with Crippen molar-refractivity contribution in [2.75, 3.05) is 31.7 Å². The molecule has 1 aromatic rings. The maximum atomic E-state index is 9.55. The van der Waals surface area contributed by atoms with Gasteiger partial charge in [0.15, 0.2) is 0 Å². The fraction of sp³-hybridized carbons (Fsp3) is 0.600. The fourth-order valence-corrected chi connectivity index (χ4v) is 2.65. The number of aliphatic hydroxyl groups excluding tert-OH is 1. The molecule has 4 heteroatoms. The molecule has 1 aliphatic carbocycles. The number of anilines is 1. The second-order valence-electron chi connectivity index (χ2n) is 5.33. The van der Waals surface area contributed by atoms with Crippen LogP contribution >= 0.6 is 15.9 Å². The van der Waals surface area contributed by atoms with Crippen molar-refractivity contribution < 1.29 is 9.84 Å². The van der Waals surface area contributed by atoms with Gasteiger partial charge in [-0.1, -0.05) is 6.07 Å². The number of benzene rings is 1. The van der Waals surface area contributed by atoms with E-state index in [2.05, 4.69) is 27.9 Å². The minimum absolute atomic E-state index is 0.433. The van der Waals surface area contributed by atoms with E-state index in [9.17, 15) is 5.11 Å². The van der Waals surface area contributed by atoms with Crippen LogP contribution in [-0.2, 0) is 4.74 Å². The van der Waals surface area contributed by atoms with Crippen LogP contribution in [-0.4, -0.2) is 31.9 Å². The predicted octanol–water partition coefficient (Wildman–Crippen LogP) is 3.37. The molecule has 1 N–H and O–H groups in total. The largest absolute Gasteiger partial charge is 0.389 e. The molecule has 0 aliphatic heterocycles. The molecule has 106 valence electrons. The van der Waals surface area contributed by atoms with Gasteiger partial charge in [0, 0.05) is 24.7 Å². The van der Waals surface area contributed by atoms with E-state index in [0.29, 0.717) is 0 Å². The van der Waals surface area contributed by atoms with Crippen molar-refractivity contribution in [1.82, 2.24) is 0 Å². The van der Waals surface area contributed by atoms with Crippen LogP contribution in [0.15, 0.2) is 22.7 Å². The fourth-order valence-electron chi connectivity index (χ4n) is 1.95. The molecule has 1 saturated carbocycles. The molecule has 0 heterocycles. The molecule has 3 nitrogen and oxygen atoms in total. The highest BCUT2D eigenvalue weighted by Crippen LogP contribution is 2.30. The first-order chi connectivity index (χ1) is 9.08. The third kappa shape index (κ3) is 4.48. The Labute approximate surface area is 123 Å². The highest BCUT2D eigenvalue weighted by atomic mass is 79.9. The molecule has 0 radical (unpaired) electrons. The summed E-state index contributed by atoms with van der Waals surface area (Å²) in [4.78, 5) is 2.17. The van der Waals surface area contributed by atoms with Gasteiger partial charge in [0.2, 0.25) is 0 Å². The summed E-state index contributed by atoms with van der Waals surface area (Å²) in [6, 6.07) is 5.97. The molecule has 1 fully saturated rings. The molecule has 1 aliphatic rings. The molecule has 0 amide bonds. The topological polar surface area (TPSA) is 32.7 Å². The SMILES string of the molecule is C[C@@H](O)c1ccc(N(C)CCOCC2CC2)c(Br)c1. The lowest BCUT2D eigenvalue weighted by Crippen LogP contribution is -2.23. The van der Waals surface area contributed by atoms with Crippen LogP contribution in [0.4, 0.5) is 5.69 Å². The maximum absolute atomic E-state index is 9.55. The molecule has 0 aromatic heterocycles. The molecule has 0 spiro atoms. The van der Waals surface area contributed by atoms with Crippen molar-refractivity contribution in [3.63, 3.8) is 0 Å². The molecule has 0 unspecified atom stereocenters. The molecule has 0 saturated heterocycles. The summed E-state index contributed by atoms with van der Waals surface area (Å²) in [6.45, 7) is 4.32. The van der Waals surface area contributed by atoms with E-state index in [-0.39, 0.29) is 0 Å². The van der Waals surface area contributed by atoms with Crippen LogP contribution in [0.1, 0.15) is 31.4 Å². The van der Waals surface area contributed by atoms with E-state index in [1.807, 2.05) is 18.2 Å². The summed E-state index contributed by atoms with van der Waals surface area (Å²) < 4.78 is 6.66. The highest BCUT2D eigenvalue weighted by Gasteiger charge is 2.21. The standard InChI is InChI=1S/C15H22BrNO2/c1-11(18)13-5-6-15(14(16)9-13)17(2)7-8-19-10-12-3-4-12/h5-6,9,11-12,18H,3-4,7-8,10H2,1-2H3/t11-/m1/s1. The first kappa shape index (κ1) is 14.8. The van der Waals surface area contributed by atoms with Crippen molar-refractivity contribution >= 4 is 21.6 Å². The lowest BCUT2D eigenvalue weighted by Gasteiger charge is -2.21. The van der Waals surface area contributed by atoms with Gasteiger partial charge in [-0.2, -0.15) is 0 Å². The number of aliphatic hydroxyl groups is 1. The van der Waals surface area contributed by atoms with Crippen LogP contribution in [0.25, 0.3) is 0 Å². The van der Waals surface area contributed by atoms with Gasteiger partial charge in [0.05, 0.1) is 18.4 Å². The lowest BCUT2D eigenvalue weighted by molar-refractivity contribution is 0.131. The first-order valence-corrected chi connectivity index (χ1v) is 7.63. The number of ether oxygens (including phenoxy) is 1. The molecule has 1 atom stereocenters. The summed E-state index contributed by atoms with van der Waals surface area (Å²) in [5, 5.41) is 9.55. The Morgan fingerprint density at radius 3 is 2.79 bits per heavy atom. The van der Waals surface area contributed by atoms with Crippen molar-refractivity contribution in [2.45, 2.75) is 25.9 Å². The van der Waals surface area contributed by atoms with Gasteiger partial charge in [-0.05, 0) is 59.3 Å². The van der Waals surface area contributed by atoms with E-state index in [0.717, 1.165) is 41.4 Å². The summed E-state index contributed by atoms with van der Waals surface area (Å²) in [5.74, 6) is 0.822. The van der Waals surface area contributed by atoms with Crippen LogP contribution in [0.3, 0.4) is 0 Å². The van der Waals surface area contributed by atoms with Gasteiger partial charge in [-0.3, -0.25) is 0 Å². The maximum Gasteiger partial charge on any atom is 0.0762 e. The van der Waals surface area contributed by atoms with E-state index in [1.54, 1.807) is 6.92 Å². The lowest BCUT2D eigenvalue weighted by atomic mass is 10.1. The summed E-state index contributed by atoms with van der Waals surface area (Å²) in [5.41, 5.74) is 2.05. The van der Waals surface area contributed by atoms with Gasteiger partial charge in [-0.15, -0.1) is 0 Å². The summed E-state index contributed by atoms with van der Waals surface area (Å²) >= 11 is 3.56. The minimum atomic E-state index is -0.433. The Kier molecular flexibility index (Phi) is 5.25. The first-order valence-electron chi connectivity index (χ1n) is 6.84. The minimum Gasteiger partial charge on any atom is -0.389 e. The second-order valence-corrected chi connectivity index (χ2v) is 6.18. The average Bonchev–Trinajstić information content (AvgIpc) is 3.18. The Hall–Kier alpha value is -0.580. The van der Waals surface area contributed by atoms with Crippen LogP contribution in [0.5, 0.6) is 0 Å². The van der Waals surface area contributed by atoms with Gasteiger partial charge >= 0.3 is 0 Å². The summed E-state index contributed by atoms with van der Waals surface area (Å²) in [7, 11) is 2.06. The van der Waals surface area contributed by atoms with E-state index < -0.39 is 6.10 Å². The van der Waals surface area contributed by atoms with Crippen molar-refractivity contribution in [2.24, 2.45) is 5.92 Å². The number of rotatable bonds is 7. The quantitative estimate of drug-likeness (QED) is 0.779. The Bertz CT molecular complexity index is 419. The number of hydrogen-bond donors (Lipinski definition) is 1. The van der Waals surface area contributed by atoms with E-state index >= 15 is 0 Å². The molecule has 2 rings (SSSR count). The smallest absolute Gasteiger partial charge is 0.0762 e. The van der Waals surface area contributed by atoms with E-state index in [1.165, 1.54) is 12.8 Å². The van der Waals surface area contributed by atoms with Gasteiger partial charge < -0.3 is 14.7 Å². The third-order valence-electron chi connectivity index (χ3n) is 3.49. The van der Waals surface area contributed by atoms with Crippen molar-refractivity contribution in [1.29, 1.82) is 0 Å². The average molecular weight is 328 g/mol. The zero-order valence-electron chi connectivity index (χ0n) is 11.6. The normalized spacial score (nSPS) is 16.4. The zero-order valence-corrected chi connectivity index (χ0v) is 13.2. The Morgan fingerprint density at radius 2 is 2.21 bits per heavy atom. The van der Waals surface area contributed by atoms with Gasteiger partial charge in [-0.25, -0.2) is 0 Å². The number of likely N-dealkylation sites (N-methyl/N-ethyl adjacent to an activating group) is 1. The molecular formula is C15H22BrNO2. The van der Waals surface area contributed by atoms with Crippen LogP contribution in [0, 0.1) is 5.92 Å². The van der Waals surface area contributed by atoms with E-state index in [4.69, 9.17) is 4.74 Å². The molecule has 1 aromatic carbocycles. The van der Waals surface area contributed by atoms with Crippen LogP contribution < -0.4 is 4.90 Å². The Balaban J connectivity index is 1.84. The highest BCUT2D eigenvalue weighted by molar-refractivity contribution is 9.10. The third-order valence-corrected chi connectivity index (χ3v) is 4.12. The molecule has 19 heavy (non-hydrogen) atoms. The van der Waals surface area contributed by atoms with Crippen LogP contribution in [0.2, 0.25) is 0 Å². The van der Waals surface area contributed by atoms with Gasteiger partial charge in [0.25, 0.3) is 0 Å². The second kappa shape index (κ2) is 6.73. The number of hydrogen-bond acceptors (Lipinski definition) is 3. The van der Waals surface area contributed by atoms with Crippen molar-refractivity contribution in [3.8, 4) is 0 Å². The number of halogens is 1. The Morgan fingerprint density at radius 1 is 1.47 bits per heavy atom. The predicted molar refractivity (Wildman–Crippen MR) is 81.6 cm³/mol. The molecule has 0 bridgehead atoms. The molecular weight excluding hydrogens is 306 g/mol. The van der Waals surface area contributed by atoms with Gasteiger partial charge in [0.1, 0.15) is 0 Å². The van der Waals surface area contributed by atoms with Crippen molar-refractivity contribution in [3.05, 3.63) is 28.2 Å². The monoisotopic (exact) mass is 327 g/mol. The summed E-state index contributed by atoms with van der Waals surface area (Å²) in [6.07, 6.45) is 2.24. The zero-order chi connectivity index (χ0) is 13.8. The number of nitrogens with zero attached hydrogens (tertiary/aromatic N) is 1.